The standard InChI is InChI=1S/C24H23BrClFN2O3/c1-3-31-22-11-16(13-28-18-8-9-21(27)20(26)12-18)10-19(25)24(22)32-14-23(30)29-17-6-4-15(2)5-7-17/h4-12,28H,3,13-14H2,1-2H3,(H,29,30). The van der Waals surface area contributed by atoms with Crippen molar-refractivity contribution in [2.75, 3.05) is 23.8 Å². The molecular weight excluding hydrogens is 499 g/mol. The number of halogens is 3. The van der Waals surface area contributed by atoms with Crippen molar-refractivity contribution in [3.63, 3.8) is 0 Å². The van der Waals surface area contributed by atoms with Gasteiger partial charge in [0.05, 0.1) is 16.1 Å². The first-order valence-corrected chi connectivity index (χ1v) is 11.2. The molecule has 2 N–H and O–H groups in total. The van der Waals surface area contributed by atoms with Crippen LogP contribution < -0.4 is 20.1 Å². The van der Waals surface area contributed by atoms with Crippen LogP contribution in [0.25, 0.3) is 0 Å². The Morgan fingerprint density at radius 3 is 2.47 bits per heavy atom. The van der Waals surface area contributed by atoms with Crippen molar-refractivity contribution in [2.24, 2.45) is 0 Å². The Balaban J connectivity index is 1.66. The number of aryl methyl sites for hydroxylation is 1. The summed E-state index contributed by atoms with van der Waals surface area (Å²) in [5.74, 6) is 0.215. The predicted octanol–water partition coefficient (Wildman–Crippen LogP) is 6.58. The van der Waals surface area contributed by atoms with E-state index in [1.54, 1.807) is 6.07 Å². The number of ether oxygens (including phenoxy) is 2. The first-order valence-electron chi connectivity index (χ1n) is 9.99. The second-order valence-corrected chi connectivity index (χ2v) is 8.28. The van der Waals surface area contributed by atoms with Crippen molar-refractivity contribution < 1.29 is 18.7 Å². The molecule has 3 aromatic carbocycles. The molecule has 0 bridgehead atoms. The van der Waals surface area contributed by atoms with E-state index in [0.29, 0.717) is 40.5 Å². The smallest absolute Gasteiger partial charge is 0.262 e. The fraction of sp³-hybridized carbons (Fsp3) is 0.208. The molecule has 168 valence electrons. The molecule has 8 heteroatoms. The highest BCUT2D eigenvalue weighted by Crippen LogP contribution is 2.37. The zero-order chi connectivity index (χ0) is 23.1. The average Bonchev–Trinajstić information content (AvgIpc) is 2.76. The number of benzene rings is 3. The van der Waals surface area contributed by atoms with Gasteiger partial charge in [0.25, 0.3) is 5.91 Å². The molecule has 0 unspecified atom stereocenters. The number of rotatable bonds is 9. The molecule has 3 aromatic rings. The summed E-state index contributed by atoms with van der Waals surface area (Å²) < 4.78 is 25.5. The van der Waals surface area contributed by atoms with Gasteiger partial charge in [-0.3, -0.25) is 4.79 Å². The molecule has 0 fully saturated rings. The second-order valence-electron chi connectivity index (χ2n) is 7.02. The Morgan fingerprint density at radius 2 is 1.78 bits per heavy atom. The molecule has 5 nitrogen and oxygen atoms in total. The van der Waals surface area contributed by atoms with Gasteiger partial charge >= 0.3 is 0 Å². The van der Waals surface area contributed by atoms with E-state index >= 15 is 0 Å². The van der Waals surface area contributed by atoms with Gasteiger partial charge in [-0.1, -0.05) is 29.3 Å². The Morgan fingerprint density at radius 1 is 1.06 bits per heavy atom. The monoisotopic (exact) mass is 520 g/mol. The van der Waals surface area contributed by atoms with Gasteiger partial charge in [0, 0.05) is 17.9 Å². The zero-order valence-electron chi connectivity index (χ0n) is 17.7. The number of hydrogen-bond donors (Lipinski definition) is 2. The lowest BCUT2D eigenvalue weighted by molar-refractivity contribution is -0.118. The van der Waals surface area contributed by atoms with Crippen LogP contribution in [0.15, 0.2) is 59.1 Å². The van der Waals surface area contributed by atoms with Crippen LogP contribution in [0.1, 0.15) is 18.1 Å². The first kappa shape index (κ1) is 23.9. The highest BCUT2D eigenvalue weighted by Gasteiger charge is 2.14. The van der Waals surface area contributed by atoms with Gasteiger partial charge in [0.15, 0.2) is 18.1 Å². The van der Waals surface area contributed by atoms with Gasteiger partial charge in [0.1, 0.15) is 5.82 Å². The first-order chi connectivity index (χ1) is 15.4. The van der Waals surface area contributed by atoms with Crippen LogP contribution in [0.2, 0.25) is 5.02 Å². The van der Waals surface area contributed by atoms with Crippen LogP contribution in [-0.4, -0.2) is 19.1 Å². The molecule has 0 aliphatic heterocycles. The SMILES string of the molecule is CCOc1cc(CNc2ccc(F)c(Cl)c2)cc(Br)c1OCC(=O)Nc1ccc(C)cc1. The average molecular weight is 522 g/mol. The minimum absolute atomic E-state index is 0.0545. The normalized spacial score (nSPS) is 10.5. The van der Waals surface area contributed by atoms with Crippen LogP contribution in [0, 0.1) is 12.7 Å². The van der Waals surface area contributed by atoms with Crippen molar-refractivity contribution in [3.05, 3.63) is 81.0 Å². The fourth-order valence-electron chi connectivity index (χ4n) is 2.91. The number of carbonyl (C=O) groups excluding carboxylic acids is 1. The molecule has 32 heavy (non-hydrogen) atoms. The van der Waals surface area contributed by atoms with E-state index in [1.165, 1.54) is 12.1 Å². The topological polar surface area (TPSA) is 59.6 Å². The van der Waals surface area contributed by atoms with E-state index in [9.17, 15) is 9.18 Å². The van der Waals surface area contributed by atoms with E-state index < -0.39 is 5.82 Å². The Labute approximate surface area is 200 Å². The molecule has 0 aliphatic rings. The molecule has 0 aromatic heterocycles. The Hall–Kier alpha value is -2.77. The lowest BCUT2D eigenvalue weighted by Gasteiger charge is -2.16. The third kappa shape index (κ3) is 6.61. The van der Waals surface area contributed by atoms with E-state index in [-0.39, 0.29) is 17.5 Å². The summed E-state index contributed by atoms with van der Waals surface area (Å²) in [5.41, 5.74) is 3.41. The molecule has 0 heterocycles. The number of anilines is 2. The van der Waals surface area contributed by atoms with E-state index in [4.69, 9.17) is 21.1 Å². The van der Waals surface area contributed by atoms with Crippen molar-refractivity contribution in [2.45, 2.75) is 20.4 Å². The number of carbonyl (C=O) groups is 1. The van der Waals surface area contributed by atoms with Crippen molar-refractivity contribution in [1.82, 2.24) is 0 Å². The number of hydrogen-bond acceptors (Lipinski definition) is 4. The lowest BCUT2D eigenvalue weighted by atomic mass is 10.2. The number of nitrogens with one attached hydrogen (secondary N) is 2. The highest BCUT2D eigenvalue weighted by molar-refractivity contribution is 9.10. The van der Waals surface area contributed by atoms with Crippen molar-refractivity contribution in [3.8, 4) is 11.5 Å². The maximum Gasteiger partial charge on any atom is 0.262 e. The van der Waals surface area contributed by atoms with Gasteiger partial charge in [-0.25, -0.2) is 4.39 Å². The van der Waals surface area contributed by atoms with E-state index in [0.717, 1.165) is 11.1 Å². The summed E-state index contributed by atoms with van der Waals surface area (Å²) in [5, 5.41) is 6.05. The van der Waals surface area contributed by atoms with Crippen molar-refractivity contribution >= 4 is 44.8 Å². The maximum absolute atomic E-state index is 13.3. The van der Waals surface area contributed by atoms with Crippen LogP contribution in [0.4, 0.5) is 15.8 Å². The molecule has 3 rings (SSSR count). The molecule has 0 spiro atoms. The highest BCUT2D eigenvalue weighted by atomic mass is 79.9. The molecule has 0 saturated carbocycles. The number of amides is 1. The fourth-order valence-corrected chi connectivity index (χ4v) is 3.69. The van der Waals surface area contributed by atoms with Crippen LogP contribution in [-0.2, 0) is 11.3 Å². The third-order valence-corrected chi connectivity index (χ3v) is 5.35. The van der Waals surface area contributed by atoms with Gasteiger partial charge in [-0.2, -0.15) is 0 Å². The Kier molecular flexibility index (Phi) is 8.36. The summed E-state index contributed by atoms with van der Waals surface area (Å²) in [7, 11) is 0. The van der Waals surface area contributed by atoms with E-state index in [1.807, 2.05) is 50.2 Å². The molecule has 0 aliphatic carbocycles. The predicted molar refractivity (Wildman–Crippen MR) is 129 cm³/mol. The van der Waals surface area contributed by atoms with E-state index in [2.05, 4.69) is 26.6 Å². The minimum Gasteiger partial charge on any atom is -0.490 e. The van der Waals surface area contributed by atoms with Gasteiger partial charge in [-0.05, 0) is 77.8 Å². The second kappa shape index (κ2) is 11.2. The Bertz CT molecular complexity index is 1090. The lowest BCUT2D eigenvalue weighted by Crippen LogP contribution is -2.20. The zero-order valence-corrected chi connectivity index (χ0v) is 20.0. The van der Waals surface area contributed by atoms with Gasteiger partial charge in [-0.15, -0.1) is 0 Å². The molecule has 0 radical (unpaired) electrons. The summed E-state index contributed by atoms with van der Waals surface area (Å²) in [6.45, 7) is 4.57. The van der Waals surface area contributed by atoms with Crippen LogP contribution in [0.3, 0.4) is 0 Å². The summed E-state index contributed by atoms with van der Waals surface area (Å²) in [6, 6.07) is 15.7. The summed E-state index contributed by atoms with van der Waals surface area (Å²) in [6.07, 6.45) is 0. The van der Waals surface area contributed by atoms with Crippen LogP contribution >= 0.6 is 27.5 Å². The maximum atomic E-state index is 13.3. The molecule has 0 atom stereocenters. The molecule has 1 amide bonds. The largest absolute Gasteiger partial charge is 0.490 e. The van der Waals surface area contributed by atoms with Gasteiger partial charge < -0.3 is 20.1 Å². The molecular formula is C24H23BrClFN2O3. The molecule has 0 saturated heterocycles. The van der Waals surface area contributed by atoms with Crippen molar-refractivity contribution in [1.29, 1.82) is 0 Å². The van der Waals surface area contributed by atoms with Crippen LogP contribution in [0.5, 0.6) is 11.5 Å². The quantitative estimate of drug-likeness (QED) is 0.334. The summed E-state index contributed by atoms with van der Waals surface area (Å²) in [4.78, 5) is 12.3. The van der Waals surface area contributed by atoms with Gasteiger partial charge in [0.2, 0.25) is 0 Å². The minimum atomic E-state index is -0.466. The third-order valence-electron chi connectivity index (χ3n) is 4.47. The summed E-state index contributed by atoms with van der Waals surface area (Å²) >= 11 is 9.34.